The highest BCUT2D eigenvalue weighted by atomic mass is 35.5. The van der Waals surface area contributed by atoms with Crippen LogP contribution in [0, 0.1) is 5.82 Å². The molecular formula is C6H4Cl2FN. The lowest BCUT2D eigenvalue weighted by Gasteiger charge is -2.03. The van der Waals surface area contributed by atoms with Gasteiger partial charge in [-0.3, -0.25) is 0 Å². The van der Waals surface area contributed by atoms with Crippen molar-refractivity contribution in [2.75, 3.05) is 3.94 Å². The van der Waals surface area contributed by atoms with Gasteiger partial charge in [-0.1, -0.05) is 6.07 Å². The molecule has 54 valence electrons. The predicted molar refractivity (Wildman–Crippen MR) is 40.6 cm³/mol. The summed E-state index contributed by atoms with van der Waals surface area (Å²) >= 11 is 10.6. The highest BCUT2D eigenvalue weighted by Crippen LogP contribution is 2.18. The number of halogens is 3. The molecule has 0 aliphatic carbocycles. The van der Waals surface area contributed by atoms with E-state index in [1.807, 2.05) is 0 Å². The van der Waals surface area contributed by atoms with Gasteiger partial charge in [0.15, 0.2) is 0 Å². The van der Waals surface area contributed by atoms with E-state index in [0.717, 1.165) is 3.94 Å². The molecule has 0 saturated heterocycles. The number of rotatable bonds is 1. The predicted octanol–water partition coefficient (Wildman–Crippen LogP) is 2.94. The third kappa shape index (κ3) is 1.75. The molecule has 0 unspecified atom stereocenters. The number of nitrogens with zero attached hydrogens (tertiary/aromatic N) is 1. The maximum atomic E-state index is 12.4. The Hall–Kier alpha value is -0.470. The number of hydrogen-bond donors (Lipinski definition) is 0. The lowest BCUT2D eigenvalue weighted by atomic mass is 10.3. The lowest BCUT2D eigenvalue weighted by Crippen LogP contribution is -1.91. The normalized spacial score (nSPS) is 9.50. The zero-order chi connectivity index (χ0) is 7.56. The van der Waals surface area contributed by atoms with E-state index in [-0.39, 0.29) is 5.82 Å². The Morgan fingerprint density at radius 1 is 1.30 bits per heavy atom. The van der Waals surface area contributed by atoms with E-state index in [1.54, 1.807) is 6.07 Å². The molecule has 0 N–H and O–H groups in total. The first-order valence-electron chi connectivity index (χ1n) is 2.57. The van der Waals surface area contributed by atoms with Gasteiger partial charge in [-0.2, -0.15) is 3.94 Å². The summed E-state index contributed by atoms with van der Waals surface area (Å²) in [5, 5.41) is 0. The summed E-state index contributed by atoms with van der Waals surface area (Å²) in [6.45, 7) is 0. The molecule has 10 heavy (non-hydrogen) atoms. The highest BCUT2D eigenvalue weighted by Gasteiger charge is 1.98. The van der Waals surface area contributed by atoms with Gasteiger partial charge in [-0.15, -0.1) is 0 Å². The van der Waals surface area contributed by atoms with Crippen LogP contribution in [-0.4, -0.2) is 0 Å². The summed E-state index contributed by atoms with van der Waals surface area (Å²) in [5.41, 5.74) is 0.420. The van der Waals surface area contributed by atoms with Crippen molar-refractivity contribution < 1.29 is 4.39 Å². The molecule has 0 bridgehead atoms. The van der Waals surface area contributed by atoms with E-state index in [0.29, 0.717) is 5.69 Å². The van der Waals surface area contributed by atoms with Gasteiger partial charge in [0.05, 0.1) is 5.69 Å². The van der Waals surface area contributed by atoms with Gasteiger partial charge >= 0.3 is 0 Å². The molecule has 0 saturated carbocycles. The van der Waals surface area contributed by atoms with E-state index in [4.69, 9.17) is 23.6 Å². The van der Waals surface area contributed by atoms with Crippen LogP contribution in [0.4, 0.5) is 10.1 Å². The first-order chi connectivity index (χ1) is 4.70. The fourth-order valence-corrected chi connectivity index (χ4v) is 0.792. The quantitative estimate of drug-likeness (QED) is 0.600. The van der Waals surface area contributed by atoms with Crippen molar-refractivity contribution >= 4 is 29.2 Å². The van der Waals surface area contributed by atoms with E-state index in [1.165, 1.54) is 18.2 Å². The molecule has 4 heteroatoms. The van der Waals surface area contributed by atoms with Crippen LogP contribution in [0.2, 0.25) is 0 Å². The van der Waals surface area contributed by atoms with E-state index < -0.39 is 0 Å². The van der Waals surface area contributed by atoms with Gasteiger partial charge in [0.1, 0.15) is 5.82 Å². The van der Waals surface area contributed by atoms with Gasteiger partial charge in [-0.05, 0) is 18.2 Å². The fourth-order valence-electron chi connectivity index (χ4n) is 0.581. The Kier molecular flexibility index (Phi) is 2.35. The zero-order valence-corrected chi connectivity index (χ0v) is 6.40. The monoisotopic (exact) mass is 179 g/mol. The summed E-state index contributed by atoms with van der Waals surface area (Å²) in [6.07, 6.45) is 0. The van der Waals surface area contributed by atoms with Crippen molar-refractivity contribution in [3.63, 3.8) is 0 Å². The Balaban J connectivity index is 2.96. The minimum absolute atomic E-state index is 0.358. The van der Waals surface area contributed by atoms with Gasteiger partial charge < -0.3 is 0 Å². The average Bonchev–Trinajstić information content (AvgIpc) is 1.88. The molecule has 0 aliphatic rings. The molecule has 0 fully saturated rings. The largest absolute Gasteiger partial charge is 0.207 e. The number of hydrogen-bond acceptors (Lipinski definition) is 1. The van der Waals surface area contributed by atoms with Crippen LogP contribution in [0.15, 0.2) is 24.3 Å². The number of anilines is 1. The van der Waals surface area contributed by atoms with Crippen LogP contribution in [-0.2, 0) is 0 Å². The standard InChI is InChI=1S/C6H4Cl2FN/c7-10(8)6-3-1-2-5(9)4-6/h1-4H. The number of benzene rings is 1. The van der Waals surface area contributed by atoms with Crippen LogP contribution >= 0.6 is 23.6 Å². The third-order valence-electron chi connectivity index (χ3n) is 1.00. The van der Waals surface area contributed by atoms with Crippen LogP contribution < -0.4 is 3.94 Å². The SMILES string of the molecule is Fc1cccc(N(Cl)Cl)c1. The van der Waals surface area contributed by atoms with E-state index >= 15 is 0 Å². The molecular weight excluding hydrogens is 176 g/mol. The van der Waals surface area contributed by atoms with Gasteiger partial charge in [0, 0.05) is 23.6 Å². The van der Waals surface area contributed by atoms with Crippen molar-refractivity contribution in [2.45, 2.75) is 0 Å². The van der Waals surface area contributed by atoms with Crippen molar-refractivity contribution in [3.05, 3.63) is 30.1 Å². The molecule has 1 aromatic carbocycles. The third-order valence-corrected chi connectivity index (χ3v) is 1.39. The Morgan fingerprint density at radius 2 is 2.00 bits per heavy atom. The summed E-state index contributed by atoms with van der Waals surface area (Å²) in [6, 6.07) is 5.69. The van der Waals surface area contributed by atoms with Gasteiger partial charge in [0.25, 0.3) is 0 Å². The second-order valence-electron chi connectivity index (χ2n) is 1.71. The maximum absolute atomic E-state index is 12.4. The first-order valence-corrected chi connectivity index (χ1v) is 3.25. The van der Waals surface area contributed by atoms with Crippen molar-refractivity contribution in [3.8, 4) is 0 Å². The highest BCUT2D eigenvalue weighted by molar-refractivity contribution is 6.49. The Bertz CT molecular complexity index is 227. The molecule has 0 atom stereocenters. The molecule has 0 spiro atoms. The minimum atomic E-state index is -0.358. The van der Waals surface area contributed by atoms with Crippen molar-refractivity contribution in [1.29, 1.82) is 0 Å². The van der Waals surface area contributed by atoms with Gasteiger partial charge in [0.2, 0.25) is 0 Å². The Morgan fingerprint density at radius 3 is 2.40 bits per heavy atom. The van der Waals surface area contributed by atoms with E-state index in [9.17, 15) is 4.39 Å². The summed E-state index contributed by atoms with van der Waals surface area (Å²) in [5.74, 6) is -0.358. The molecule has 0 radical (unpaired) electrons. The second-order valence-corrected chi connectivity index (χ2v) is 2.56. The lowest BCUT2D eigenvalue weighted by molar-refractivity contribution is 0.628. The zero-order valence-electron chi connectivity index (χ0n) is 4.89. The summed E-state index contributed by atoms with van der Waals surface area (Å²) in [4.78, 5) is 0. The molecule has 0 heterocycles. The first kappa shape index (κ1) is 7.63. The molecule has 1 aromatic rings. The molecule has 0 aromatic heterocycles. The van der Waals surface area contributed by atoms with Crippen LogP contribution in [0.3, 0.4) is 0 Å². The molecule has 0 aliphatic heterocycles. The maximum Gasteiger partial charge on any atom is 0.125 e. The van der Waals surface area contributed by atoms with E-state index in [2.05, 4.69) is 0 Å². The van der Waals surface area contributed by atoms with Crippen molar-refractivity contribution in [2.24, 2.45) is 0 Å². The summed E-state index contributed by atoms with van der Waals surface area (Å²) in [7, 11) is 0. The fraction of sp³-hybridized carbons (Fsp3) is 0. The smallest absolute Gasteiger partial charge is 0.125 e. The average molecular weight is 180 g/mol. The minimum Gasteiger partial charge on any atom is -0.207 e. The molecule has 0 amide bonds. The van der Waals surface area contributed by atoms with Crippen LogP contribution in [0.5, 0.6) is 0 Å². The second kappa shape index (κ2) is 3.08. The van der Waals surface area contributed by atoms with Crippen LogP contribution in [0.25, 0.3) is 0 Å². The summed E-state index contributed by atoms with van der Waals surface area (Å²) < 4.78 is 13.2. The Labute approximate surface area is 68.2 Å². The van der Waals surface area contributed by atoms with Gasteiger partial charge in [-0.25, -0.2) is 4.39 Å². The molecule has 1 rings (SSSR count). The topological polar surface area (TPSA) is 3.24 Å². The van der Waals surface area contributed by atoms with Crippen LogP contribution in [0.1, 0.15) is 0 Å². The molecule has 1 nitrogen and oxygen atoms in total. The van der Waals surface area contributed by atoms with Crippen molar-refractivity contribution in [1.82, 2.24) is 0 Å².